The molecule has 2 N–H and O–H groups in total. The molecule has 0 spiro atoms. The van der Waals surface area contributed by atoms with E-state index in [4.69, 9.17) is 11.0 Å². The van der Waals surface area contributed by atoms with Crippen molar-refractivity contribution < 1.29 is 4.92 Å². The number of nitriles is 1. The Hall–Kier alpha value is -2.88. The van der Waals surface area contributed by atoms with E-state index in [1.54, 1.807) is 18.2 Å². The number of nitrogens with two attached hydrogens (primary N) is 1. The molecule has 2 aromatic rings. The first-order valence-electron chi connectivity index (χ1n) is 6.11. The van der Waals surface area contributed by atoms with Gasteiger partial charge in [-0.25, -0.2) is 4.68 Å². The summed E-state index contributed by atoms with van der Waals surface area (Å²) in [4.78, 5) is 10.6. The largest absolute Gasteiger partial charge is 0.382 e. The number of nitro benzene ring substituents is 1. The molecule has 1 aromatic heterocycles. The number of aryl methyl sites for hydroxylation is 1. The van der Waals surface area contributed by atoms with Gasteiger partial charge < -0.3 is 5.73 Å². The Kier molecular flexibility index (Phi) is 3.66. The fourth-order valence-corrected chi connectivity index (χ4v) is 1.99. The molecule has 7 nitrogen and oxygen atoms in total. The minimum atomic E-state index is -0.498. The Labute approximate surface area is 115 Å². The molecule has 0 amide bonds. The van der Waals surface area contributed by atoms with Gasteiger partial charge in [-0.1, -0.05) is 25.5 Å². The number of para-hydroxylation sites is 2. The third kappa shape index (κ3) is 2.19. The third-order valence-electron chi connectivity index (χ3n) is 2.90. The van der Waals surface area contributed by atoms with Crippen LogP contribution in [0.5, 0.6) is 0 Å². The number of aromatic nitrogens is 2. The summed E-state index contributed by atoms with van der Waals surface area (Å²) in [7, 11) is 0. The molecule has 1 aromatic carbocycles. The van der Waals surface area contributed by atoms with Gasteiger partial charge in [0.2, 0.25) is 0 Å². The predicted molar refractivity (Wildman–Crippen MR) is 73.3 cm³/mol. The highest BCUT2D eigenvalue weighted by atomic mass is 16.6. The van der Waals surface area contributed by atoms with Crippen LogP contribution in [0.15, 0.2) is 24.3 Å². The van der Waals surface area contributed by atoms with Crippen molar-refractivity contribution in [3.05, 3.63) is 45.6 Å². The van der Waals surface area contributed by atoms with Gasteiger partial charge in [0.25, 0.3) is 5.69 Å². The summed E-state index contributed by atoms with van der Waals surface area (Å²) in [5, 5.41) is 24.4. The Morgan fingerprint density at radius 1 is 1.50 bits per heavy atom. The van der Waals surface area contributed by atoms with E-state index in [1.807, 2.05) is 13.0 Å². The number of nitrogen functional groups attached to an aromatic ring is 1. The summed E-state index contributed by atoms with van der Waals surface area (Å²) in [6.07, 6.45) is 1.41. The van der Waals surface area contributed by atoms with Crippen LogP contribution in [-0.4, -0.2) is 14.7 Å². The van der Waals surface area contributed by atoms with Crippen LogP contribution in [0.4, 0.5) is 11.5 Å². The molecule has 0 aliphatic carbocycles. The zero-order valence-corrected chi connectivity index (χ0v) is 10.9. The fourth-order valence-electron chi connectivity index (χ4n) is 1.99. The highest BCUT2D eigenvalue weighted by molar-refractivity contribution is 5.61. The molecule has 0 bridgehead atoms. The molecule has 0 saturated heterocycles. The van der Waals surface area contributed by atoms with Gasteiger partial charge >= 0.3 is 0 Å². The molecule has 2 rings (SSSR count). The molecule has 7 heteroatoms. The van der Waals surface area contributed by atoms with E-state index in [9.17, 15) is 10.1 Å². The maximum Gasteiger partial charge on any atom is 0.294 e. The molecule has 0 radical (unpaired) electrons. The van der Waals surface area contributed by atoms with Gasteiger partial charge in [-0.3, -0.25) is 10.1 Å². The van der Waals surface area contributed by atoms with Crippen molar-refractivity contribution in [2.45, 2.75) is 19.8 Å². The number of benzene rings is 1. The molecule has 0 aliphatic heterocycles. The molecular formula is C13H13N5O2. The minimum absolute atomic E-state index is 0.103. The highest BCUT2D eigenvalue weighted by Gasteiger charge is 2.21. The van der Waals surface area contributed by atoms with Crippen LogP contribution in [0, 0.1) is 21.4 Å². The van der Waals surface area contributed by atoms with Gasteiger partial charge in [0.15, 0.2) is 0 Å². The van der Waals surface area contributed by atoms with E-state index < -0.39 is 4.92 Å². The number of anilines is 1. The van der Waals surface area contributed by atoms with Crippen LogP contribution in [0.1, 0.15) is 24.6 Å². The molecule has 0 unspecified atom stereocenters. The predicted octanol–water partition coefficient (Wildman–Crippen LogP) is 2.19. The first kappa shape index (κ1) is 13.5. The van der Waals surface area contributed by atoms with Crippen LogP contribution in [0.3, 0.4) is 0 Å². The summed E-state index contributed by atoms with van der Waals surface area (Å²) in [5.74, 6) is 0.130. The molecule has 1 heterocycles. The molecule has 0 aliphatic rings. The average Bonchev–Trinajstić information content (AvgIpc) is 2.75. The first-order valence-corrected chi connectivity index (χ1v) is 6.11. The zero-order chi connectivity index (χ0) is 14.7. The monoisotopic (exact) mass is 271 g/mol. The topological polar surface area (TPSA) is 111 Å². The lowest BCUT2D eigenvalue weighted by atomic mass is 10.2. The Morgan fingerprint density at radius 2 is 2.20 bits per heavy atom. The normalized spacial score (nSPS) is 10.2. The van der Waals surface area contributed by atoms with Crippen molar-refractivity contribution in [1.82, 2.24) is 9.78 Å². The van der Waals surface area contributed by atoms with E-state index in [0.717, 1.165) is 6.42 Å². The van der Waals surface area contributed by atoms with Crippen molar-refractivity contribution in [2.75, 3.05) is 5.73 Å². The highest BCUT2D eigenvalue weighted by Crippen LogP contribution is 2.27. The van der Waals surface area contributed by atoms with E-state index in [-0.39, 0.29) is 22.8 Å². The van der Waals surface area contributed by atoms with Crippen LogP contribution in [0.25, 0.3) is 5.69 Å². The zero-order valence-electron chi connectivity index (χ0n) is 10.9. The van der Waals surface area contributed by atoms with Gasteiger partial charge in [0.1, 0.15) is 23.1 Å². The summed E-state index contributed by atoms with van der Waals surface area (Å²) in [5.41, 5.74) is 6.90. The second kappa shape index (κ2) is 5.40. The number of rotatable bonds is 4. The average molecular weight is 271 g/mol. The molecule has 0 atom stereocenters. The summed E-state index contributed by atoms with van der Waals surface area (Å²) >= 11 is 0. The summed E-state index contributed by atoms with van der Waals surface area (Å²) < 4.78 is 1.27. The Bertz CT molecular complexity index is 699. The molecule has 0 saturated carbocycles. The van der Waals surface area contributed by atoms with Crippen LogP contribution < -0.4 is 5.73 Å². The standard InChI is InChI=1S/C13H13N5O2/c1-2-5-10-9(8-14)13(15)17(16-10)11-6-3-4-7-12(11)18(19)20/h3-4,6-7H,2,5,15H2,1H3. The van der Waals surface area contributed by atoms with Crippen LogP contribution in [-0.2, 0) is 6.42 Å². The van der Waals surface area contributed by atoms with Crippen LogP contribution >= 0.6 is 0 Å². The lowest BCUT2D eigenvalue weighted by Crippen LogP contribution is -2.05. The van der Waals surface area contributed by atoms with Gasteiger partial charge in [-0.2, -0.15) is 10.4 Å². The maximum atomic E-state index is 11.1. The van der Waals surface area contributed by atoms with Gasteiger partial charge in [0, 0.05) is 6.07 Å². The van der Waals surface area contributed by atoms with Gasteiger partial charge in [0.05, 0.1) is 10.6 Å². The SMILES string of the molecule is CCCc1nn(-c2ccccc2[N+](=O)[O-])c(N)c1C#N. The minimum Gasteiger partial charge on any atom is -0.382 e. The number of nitrogens with zero attached hydrogens (tertiary/aromatic N) is 4. The first-order chi connectivity index (χ1) is 9.60. The third-order valence-corrected chi connectivity index (χ3v) is 2.90. The maximum absolute atomic E-state index is 11.1. The Balaban J connectivity index is 2.66. The molecule has 0 fully saturated rings. The molecule has 102 valence electrons. The smallest absolute Gasteiger partial charge is 0.294 e. The summed E-state index contributed by atoms with van der Waals surface area (Å²) in [6.45, 7) is 1.96. The lowest BCUT2D eigenvalue weighted by Gasteiger charge is -2.04. The van der Waals surface area contributed by atoms with Crippen molar-refractivity contribution >= 4 is 11.5 Å². The fraction of sp³-hybridized carbons (Fsp3) is 0.231. The van der Waals surface area contributed by atoms with Gasteiger partial charge in [-0.05, 0) is 12.5 Å². The second-order valence-electron chi connectivity index (χ2n) is 4.23. The second-order valence-corrected chi connectivity index (χ2v) is 4.23. The van der Waals surface area contributed by atoms with E-state index in [2.05, 4.69) is 5.10 Å². The summed E-state index contributed by atoms with van der Waals surface area (Å²) in [6, 6.07) is 8.17. The molecule has 20 heavy (non-hydrogen) atoms. The number of hydrogen-bond acceptors (Lipinski definition) is 5. The van der Waals surface area contributed by atoms with Crippen LogP contribution in [0.2, 0.25) is 0 Å². The van der Waals surface area contributed by atoms with Crippen molar-refractivity contribution in [3.8, 4) is 11.8 Å². The van der Waals surface area contributed by atoms with E-state index >= 15 is 0 Å². The quantitative estimate of drug-likeness (QED) is 0.676. The van der Waals surface area contributed by atoms with Crippen molar-refractivity contribution in [2.24, 2.45) is 0 Å². The number of hydrogen-bond donors (Lipinski definition) is 1. The number of nitro groups is 1. The molecular weight excluding hydrogens is 258 g/mol. The van der Waals surface area contributed by atoms with Crippen molar-refractivity contribution in [1.29, 1.82) is 5.26 Å². The van der Waals surface area contributed by atoms with Crippen molar-refractivity contribution in [3.63, 3.8) is 0 Å². The van der Waals surface area contributed by atoms with Gasteiger partial charge in [-0.15, -0.1) is 0 Å². The lowest BCUT2D eigenvalue weighted by molar-refractivity contribution is -0.384. The van der Waals surface area contributed by atoms with E-state index in [0.29, 0.717) is 12.1 Å². The Morgan fingerprint density at radius 3 is 2.80 bits per heavy atom. The van der Waals surface area contributed by atoms with E-state index in [1.165, 1.54) is 10.7 Å².